The third-order valence-corrected chi connectivity index (χ3v) is 4.14. The lowest BCUT2D eigenvalue weighted by molar-refractivity contribution is 0.156. The van der Waals surface area contributed by atoms with E-state index in [4.69, 9.17) is 14.7 Å². The van der Waals surface area contributed by atoms with Gasteiger partial charge in [0.25, 0.3) is 0 Å². The summed E-state index contributed by atoms with van der Waals surface area (Å²) in [7, 11) is 1.64. The third kappa shape index (κ3) is 3.49. The van der Waals surface area contributed by atoms with E-state index >= 15 is 0 Å². The minimum absolute atomic E-state index is 0.00142. The molecule has 2 aromatic carbocycles. The molecule has 0 bridgehead atoms. The fourth-order valence-electron chi connectivity index (χ4n) is 2.77. The zero-order valence-electron chi connectivity index (χ0n) is 13.4. The average molecular weight is 322 g/mol. The molecule has 24 heavy (non-hydrogen) atoms. The third-order valence-electron chi connectivity index (χ3n) is 4.14. The molecule has 0 N–H and O–H groups in total. The van der Waals surface area contributed by atoms with E-state index in [9.17, 15) is 4.79 Å². The van der Waals surface area contributed by atoms with Gasteiger partial charge in [-0.05, 0) is 41.8 Å². The molecule has 0 aromatic heterocycles. The molecule has 122 valence electrons. The van der Waals surface area contributed by atoms with Crippen LogP contribution in [-0.2, 0) is 17.7 Å². The highest BCUT2D eigenvalue weighted by atomic mass is 16.6. The first-order valence-corrected chi connectivity index (χ1v) is 7.75. The molecular formula is C19H18N2O3. The van der Waals surface area contributed by atoms with Gasteiger partial charge in [0.1, 0.15) is 12.4 Å². The fraction of sp³-hybridized carbons (Fsp3) is 0.263. The largest absolute Gasteiger partial charge is 0.497 e. The number of carbonyl (C=O) groups is 1. The molecule has 1 aliphatic heterocycles. The van der Waals surface area contributed by atoms with Gasteiger partial charge in [0.05, 0.1) is 24.8 Å². The van der Waals surface area contributed by atoms with Crippen LogP contribution in [0.1, 0.15) is 16.7 Å². The summed E-state index contributed by atoms with van der Waals surface area (Å²) < 4.78 is 10.4. The van der Waals surface area contributed by atoms with Crippen LogP contribution in [0.15, 0.2) is 48.5 Å². The standard InChI is InChI=1S/C19H18N2O3/c1-23-18-8-6-14(7-9-18)10-17-13-24-19(22)21(17)12-16-4-2-15(11-20)3-5-16/h2-9,17H,10,12-13H2,1H3. The zero-order chi connectivity index (χ0) is 16.9. The summed E-state index contributed by atoms with van der Waals surface area (Å²) in [5.74, 6) is 0.812. The van der Waals surface area contributed by atoms with Crippen molar-refractivity contribution in [3.05, 3.63) is 65.2 Å². The summed E-state index contributed by atoms with van der Waals surface area (Å²) in [4.78, 5) is 13.8. The molecule has 1 unspecified atom stereocenters. The Bertz CT molecular complexity index is 748. The summed E-state index contributed by atoms with van der Waals surface area (Å²) >= 11 is 0. The average Bonchev–Trinajstić information content (AvgIpc) is 2.96. The first kappa shape index (κ1) is 15.9. The maximum atomic E-state index is 12.0. The van der Waals surface area contributed by atoms with E-state index in [1.807, 2.05) is 36.4 Å². The van der Waals surface area contributed by atoms with Gasteiger partial charge in [0.15, 0.2) is 0 Å². The van der Waals surface area contributed by atoms with Crippen LogP contribution in [0.5, 0.6) is 5.75 Å². The first-order valence-electron chi connectivity index (χ1n) is 7.75. The lowest BCUT2D eigenvalue weighted by atomic mass is 10.0. The summed E-state index contributed by atoms with van der Waals surface area (Å²) in [5, 5.41) is 8.85. The molecule has 5 heteroatoms. The molecule has 1 aliphatic rings. The van der Waals surface area contributed by atoms with Crippen molar-refractivity contribution in [2.24, 2.45) is 0 Å². The van der Waals surface area contributed by atoms with Crippen molar-refractivity contribution in [2.45, 2.75) is 19.0 Å². The Morgan fingerprint density at radius 2 is 1.83 bits per heavy atom. The lowest BCUT2D eigenvalue weighted by Gasteiger charge is -2.21. The highest BCUT2D eigenvalue weighted by molar-refractivity contribution is 5.70. The van der Waals surface area contributed by atoms with Gasteiger partial charge in [-0.1, -0.05) is 24.3 Å². The van der Waals surface area contributed by atoms with Crippen LogP contribution < -0.4 is 4.74 Å². The topological polar surface area (TPSA) is 62.6 Å². The molecule has 3 rings (SSSR count). The molecule has 0 radical (unpaired) electrons. The van der Waals surface area contributed by atoms with E-state index in [0.717, 1.165) is 23.3 Å². The van der Waals surface area contributed by atoms with Crippen molar-refractivity contribution in [3.8, 4) is 11.8 Å². The Hall–Kier alpha value is -3.00. The Kier molecular flexibility index (Phi) is 4.66. The van der Waals surface area contributed by atoms with E-state index in [1.54, 1.807) is 24.1 Å². The zero-order valence-corrected chi connectivity index (χ0v) is 13.4. The number of hydrogen-bond acceptors (Lipinski definition) is 4. The Morgan fingerprint density at radius 3 is 2.46 bits per heavy atom. The van der Waals surface area contributed by atoms with E-state index in [0.29, 0.717) is 18.7 Å². The molecule has 1 amide bonds. The molecule has 0 saturated carbocycles. The second-order valence-electron chi connectivity index (χ2n) is 5.72. The van der Waals surface area contributed by atoms with Crippen molar-refractivity contribution in [1.82, 2.24) is 4.90 Å². The molecule has 5 nitrogen and oxygen atoms in total. The maximum Gasteiger partial charge on any atom is 0.410 e. The molecule has 1 saturated heterocycles. The minimum atomic E-state index is -0.294. The van der Waals surface area contributed by atoms with Gasteiger partial charge < -0.3 is 9.47 Å². The van der Waals surface area contributed by atoms with E-state index in [2.05, 4.69) is 6.07 Å². The highest BCUT2D eigenvalue weighted by Crippen LogP contribution is 2.21. The Morgan fingerprint density at radius 1 is 1.17 bits per heavy atom. The predicted octanol–water partition coefficient (Wildman–Crippen LogP) is 3.13. The van der Waals surface area contributed by atoms with Crippen molar-refractivity contribution < 1.29 is 14.3 Å². The van der Waals surface area contributed by atoms with Gasteiger partial charge in [-0.15, -0.1) is 0 Å². The predicted molar refractivity (Wildman–Crippen MR) is 88.5 cm³/mol. The number of nitrogens with zero attached hydrogens (tertiary/aromatic N) is 2. The quantitative estimate of drug-likeness (QED) is 0.848. The van der Waals surface area contributed by atoms with Gasteiger partial charge in [-0.2, -0.15) is 5.26 Å². The number of amides is 1. The fourth-order valence-corrected chi connectivity index (χ4v) is 2.77. The van der Waals surface area contributed by atoms with Crippen LogP contribution in [0.2, 0.25) is 0 Å². The second kappa shape index (κ2) is 7.05. The van der Waals surface area contributed by atoms with Crippen LogP contribution in [-0.4, -0.2) is 30.8 Å². The van der Waals surface area contributed by atoms with Crippen LogP contribution >= 0.6 is 0 Å². The molecule has 1 fully saturated rings. The van der Waals surface area contributed by atoms with Crippen molar-refractivity contribution in [2.75, 3.05) is 13.7 Å². The van der Waals surface area contributed by atoms with Gasteiger partial charge in [0.2, 0.25) is 0 Å². The van der Waals surface area contributed by atoms with Crippen molar-refractivity contribution >= 4 is 6.09 Å². The summed E-state index contributed by atoms with van der Waals surface area (Å²) in [6.45, 7) is 0.868. The van der Waals surface area contributed by atoms with Gasteiger partial charge >= 0.3 is 6.09 Å². The SMILES string of the molecule is COc1ccc(CC2COC(=O)N2Cc2ccc(C#N)cc2)cc1. The van der Waals surface area contributed by atoms with Crippen molar-refractivity contribution in [3.63, 3.8) is 0 Å². The van der Waals surface area contributed by atoms with Crippen LogP contribution in [0.4, 0.5) is 4.79 Å². The van der Waals surface area contributed by atoms with Crippen LogP contribution in [0.3, 0.4) is 0 Å². The normalized spacial score (nSPS) is 16.6. The number of benzene rings is 2. The van der Waals surface area contributed by atoms with Crippen LogP contribution in [0.25, 0.3) is 0 Å². The Labute approximate surface area is 141 Å². The first-order chi connectivity index (χ1) is 11.7. The summed E-state index contributed by atoms with van der Waals surface area (Å²) in [5.41, 5.74) is 2.72. The van der Waals surface area contributed by atoms with Gasteiger partial charge in [-0.25, -0.2) is 4.79 Å². The number of rotatable bonds is 5. The number of cyclic esters (lactones) is 1. The summed E-state index contributed by atoms with van der Waals surface area (Å²) in [6, 6.07) is 17.2. The number of methoxy groups -OCH3 is 1. The molecular weight excluding hydrogens is 304 g/mol. The van der Waals surface area contributed by atoms with E-state index < -0.39 is 0 Å². The second-order valence-corrected chi connectivity index (χ2v) is 5.72. The minimum Gasteiger partial charge on any atom is -0.497 e. The summed E-state index contributed by atoms with van der Waals surface area (Å²) in [6.07, 6.45) is 0.435. The maximum absolute atomic E-state index is 12.0. The lowest BCUT2D eigenvalue weighted by Crippen LogP contribution is -2.34. The number of carbonyl (C=O) groups excluding carboxylic acids is 1. The number of hydrogen-bond donors (Lipinski definition) is 0. The molecule has 1 atom stereocenters. The van der Waals surface area contributed by atoms with Gasteiger partial charge in [-0.3, -0.25) is 4.90 Å². The monoisotopic (exact) mass is 322 g/mol. The molecule has 0 spiro atoms. The number of nitriles is 1. The van der Waals surface area contributed by atoms with Gasteiger partial charge in [0, 0.05) is 6.54 Å². The molecule has 1 heterocycles. The molecule has 2 aromatic rings. The smallest absolute Gasteiger partial charge is 0.410 e. The highest BCUT2D eigenvalue weighted by Gasteiger charge is 2.32. The van der Waals surface area contributed by atoms with E-state index in [1.165, 1.54) is 0 Å². The van der Waals surface area contributed by atoms with E-state index in [-0.39, 0.29) is 12.1 Å². The van der Waals surface area contributed by atoms with Crippen molar-refractivity contribution in [1.29, 1.82) is 5.26 Å². The molecule has 0 aliphatic carbocycles. The van der Waals surface area contributed by atoms with Crippen LogP contribution in [0, 0.1) is 11.3 Å². The number of ether oxygens (including phenoxy) is 2. The Balaban J connectivity index is 1.70.